The number of benzene rings is 1. The molecule has 0 aliphatic heterocycles. The number of methoxy groups -OCH3 is 1. The second-order valence-corrected chi connectivity index (χ2v) is 5.75. The molecule has 2 rings (SSSR count). The summed E-state index contributed by atoms with van der Waals surface area (Å²) in [4.78, 5) is 0. The third kappa shape index (κ3) is 3.00. The highest BCUT2D eigenvalue weighted by Crippen LogP contribution is 2.42. The summed E-state index contributed by atoms with van der Waals surface area (Å²) in [7, 11) is 1.63. The van der Waals surface area contributed by atoms with Crippen molar-refractivity contribution in [2.45, 2.75) is 44.2 Å². The Morgan fingerprint density at radius 1 is 1.25 bits per heavy atom. The molecule has 0 saturated heterocycles. The minimum absolute atomic E-state index is 0.426. The van der Waals surface area contributed by atoms with Crippen molar-refractivity contribution in [2.24, 2.45) is 11.8 Å². The van der Waals surface area contributed by atoms with E-state index in [0.29, 0.717) is 11.5 Å². The average molecular weight is 284 g/mol. The Hall–Kier alpha value is -1.04. The van der Waals surface area contributed by atoms with Crippen molar-refractivity contribution in [3.05, 3.63) is 35.4 Å². The molecule has 0 bridgehead atoms. The van der Waals surface area contributed by atoms with Crippen LogP contribution in [0.2, 0.25) is 0 Å². The lowest BCUT2D eigenvalue weighted by atomic mass is 9.73. The molecule has 112 valence electrons. The molecule has 20 heavy (non-hydrogen) atoms. The number of hydrazine groups is 1. The Balaban J connectivity index is 2.34. The maximum Gasteiger partial charge on any atom is 0.126 e. The molecule has 1 saturated carbocycles. The van der Waals surface area contributed by atoms with Gasteiger partial charge in [-0.3, -0.25) is 11.3 Å². The van der Waals surface area contributed by atoms with Gasteiger partial charge in [-0.05, 0) is 49.3 Å². The summed E-state index contributed by atoms with van der Waals surface area (Å²) in [5, 5.41) is 0. The van der Waals surface area contributed by atoms with Gasteiger partial charge in [0.05, 0.1) is 11.6 Å². The normalized spacial score (nSPS) is 28.4. The van der Waals surface area contributed by atoms with E-state index in [1.165, 1.54) is 12.1 Å². The van der Waals surface area contributed by atoms with Crippen LogP contribution in [0.3, 0.4) is 0 Å². The molecule has 1 aliphatic rings. The van der Waals surface area contributed by atoms with Crippen LogP contribution in [0.15, 0.2) is 18.2 Å². The molecule has 1 aromatic rings. The van der Waals surface area contributed by atoms with Crippen molar-refractivity contribution < 1.29 is 13.5 Å². The highest BCUT2D eigenvalue weighted by molar-refractivity contribution is 5.24. The molecular weight excluding hydrogens is 262 g/mol. The molecule has 1 fully saturated rings. The van der Waals surface area contributed by atoms with Crippen molar-refractivity contribution in [3.8, 4) is 0 Å². The molecule has 0 radical (unpaired) electrons. The zero-order valence-corrected chi connectivity index (χ0v) is 12.0. The molecule has 1 aliphatic carbocycles. The second-order valence-electron chi connectivity index (χ2n) is 5.75. The van der Waals surface area contributed by atoms with E-state index in [4.69, 9.17) is 10.6 Å². The van der Waals surface area contributed by atoms with E-state index in [1.54, 1.807) is 7.11 Å². The minimum Gasteiger partial charge on any atom is -0.376 e. The third-order valence-corrected chi connectivity index (χ3v) is 4.44. The van der Waals surface area contributed by atoms with E-state index in [0.717, 1.165) is 31.7 Å². The van der Waals surface area contributed by atoms with Gasteiger partial charge >= 0.3 is 0 Å². The summed E-state index contributed by atoms with van der Waals surface area (Å²) >= 11 is 0. The minimum atomic E-state index is -0.601. The fraction of sp³-hybridized carbons (Fsp3) is 0.600. The first-order valence-electron chi connectivity index (χ1n) is 6.98. The molecule has 1 atom stereocenters. The maximum absolute atomic E-state index is 13.4. The van der Waals surface area contributed by atoms with Gasteiger partial charge in [-0.1, -0.05) is 6.92 Å². The van der Waals surface area contributed by atoms with Crippen LogP contribution in [0.25, 0.3) is 0 Å². The smallest absolute Gasteiger partial charge is 0.126 e. The zero-order chi connectivity index (χ0) is 14.8. The lowest BCUT2D eigenvalue weighted by molar-refractivity contribution is -0.0762. The number of halogens is 2. The molecule has 3 nitrogen and oxygen atoms in total. The van der Waals surface area contributed by atoms with Crippen LogP contribution in [-0.4, -0.2) is 12.7 Å². The SMILES string of the molecule is COC1(C(NN)c2cc(F)cc(F)c2)CCC(C)CC1. The van der Waals surface area contributed by atoms with Crippen molar-refractivity contribution >= 4 is 0 Å². The first-order valence-corrected chi connectivity index (χ1v) is 6.98. The van der Waals surface area contributed by atoms with Crippen LogP contribution in [0.4, 0.5) is 8.78 Å². The molecule has 1 aromatic carbocycles. The fourth-order valence-electron chi connectivity index (χ4n) is 3.16. The van der Waals surface area contributed by atoms with Crippen molar-refractivity contribution in [2.75, 3.05) is 7.11 Å². The van der Waals surface area contributed by atoms with Gasteiger partial charge in [0.15, 0.2) is 0 Å². The molecule has 3 N–H and O–H groups in total. The molecule has 1 unspecified atom stereocenters. The first-order chi connectivity index (χ1) is 9.50. The van der Waals surface area contributed by atoms with E-state index in [-0.39, 0.29) is 0 Å². The topological polar surface area (TPSA) is 47.3 Å². The predicted octanol–water partition coefficient (Wildman–Crippen LogP) is 3.06. The van der Waals surface area contributed by atoms with Gasteiger partial charge in [-0.2, -0.15) is 0 Å². The number of rotatable bonds is 4. The zero-order valence-electron chi connectivity index (χ0n) is 12.0. The molecule has 0 spiro atoms. The number of ether oxygens (including phenoxy) is 1. The summed E-state index contributed by atoms with van der Waals surface area (Å²) in [6.45, 7) is 2.20. The van der Waals surface area contributed by atoms with Crippen molar-refractivity contribution in [1.82, 2.24) is 5.43 Å². The van der Waals surface area contributed by atoms with E-state index < -0.39 is 23.3 Å². The van der Waals surface area contributed by atoms with Crippen LogP contribution in [0, 0.1) is 17.6 Å². The van der Waals surface area contributed by atoms with Crippen molar-refractivity contribution in [3.63, 3.8) is 0 Å². The maximum atomic E-state index is 13.4. The fourth-order valence-corrected chi connectivity index (χ4v) is 3.16. The Morgan fingerprint density at radius 2 is 1.80 bits per heavy atom. The van der Waals surface area contributed by atoms with Crippen LogP contribution in [-0.2, 0) is 4.74 Å². The molecule has 0 heterocycles. The number of nitrogens with one attached hydrogen (secondary N) is 1. The second kappa shape index (κ2) is 6.16. The lowest BCUT2D eigenvalue weighted by Crippen LogP contribution is -2.50. The predicted molar refractivity (Wildman–Crippen MR) is 73.8 cm³/mol. The van der Waals surface area contributed by atoms with Gasteiger partial charge in [0.25, 0.3) is 0 Å². The summed E-state index contributed by atoms with van der Waals surface area (Å²) in [6, 6.07) is 3.06. The summed E-state index contributed by atoms with van der Waals surface area (Å²) < 4.78 is 32.6. The molecule has 0 aromatic heterocycles. The standard InChI is InChI=1S/C15H22F2N2O/c1-10-3-5-15(20-2,6-4-10)14(19-18)11-7-12(16)9-13(17)8-11/h7-10,14,19H,3-6,18H2,1-2H3. The largest absolute Gasteiger partial charge is 0.376 e. The van der Waals surface area contributed by atoms with Crippen LogP contribution >= 0.6 is 0 Å². The van der Waals surface area contributed by atoms with Gasteiger partial charge < -0.3 is 4.74 Å². The number of nitrogens with two attached hydrogens (primary N) is 1. The summed E-state index contributed by atoms with van der Waals surface area (Å²) in [6.07, 6.45) is 3.67. The Kier molecular flexibility index (Phi) is 4.73. The molecule has 5 heteroatoms. The average Bonchev–Trinajstić information content (AvgIpc) is 2.41. The van der Waals surface area contributed by atoms with Crippen LogP contribution in [0.1, 0.15) is 44.2 Å². The van der Waals surface area contributed by atoms with Crippen LogP contribution < -0.4 is 11.3 Å². The van der Waals surface area contributed by atoms with Gasteiger partial charge in [-0.25, -0.2) is 8.78 Å². The third-order valence-electron chi connectivity index (χ3n) is 4.44. The highest BCUT2D eigenvalue weighted by Gasteiger charge is 2.42. The summed E-state index contributed by atoms with van der Waals surface area (Å²) in [5.41, 5.74) is 2.67. The van der Waals surface area contributed by atoms with E-state index >= 15 is 0 Å². The molecular formula is C15H22F2N2O. The Labute approximate surface area is 118 Å². The summed E-state index contributed by atoms with van der Waals surface area (Å²) in [5.74, 6) is 5.09. The number of hydrogen-bond donors (Lipinski definition) is 2. The van der Waals surface area contributed by atoms with Gasteiger partial charge in [0, 0.05) is 13.2 Å². The van der Waals surface area contributed by atoms with Crippen LogP contribution in [0.5, 0.6) is 0 Å². The first kappa shape index (κ1) is 15.4. The van der Waals surface area contributed by atoms with E-state index in [1.807, 2.05) is 0 Å². The van der Waals surface area contributed by atoms with Gasteiger partial charge in [-0.15, -0.1) is 0 Å². The Morgan fingerprint density at radius 3 is 2.25 bits per heavy atom. The quantitative estimate of drug-likeness (QED) is 0.660. The number of hydrogen-bond acceptors (Lipinski definition) is 3. The van der Waals surface area contributed by atoms with Crippen molar-refractivity contribution in [1.29, 1.82) is 0 Å². The van der Waals surface area contributed by atoms with E-state index in [2.05, 4.69) is 12.3 Å². The van der Waals surface area contributed by atoms with E-state index in [9.17, 15) is 8.78 Å². The van der Waals surface area contributed by atoms with Gasteiger partial charge in [0.2, 0.25) is 0 Å². The molecule has 0 amide bonds. The lowest BCUT2D eigenvalue weighted by Gasteiger charge is -2.44. The monoisotopic (exact) mass is 284 g/mol. The Bertz CT molecular complexity index is 439. The highest BCUT2D eigenvalue weighted by atomic mass is 19.1. The van der Waals surface area contributed by atoms with Gasteiger partial charge in [0.1, 0.15) is 11.6 Å².